The Morgan fingerprint density at radius 1 is 1.07 bits per heavy atom. The molecule has 0 bridgehead atoms. The minimum atomic E-state index is -0.360. The van der Waals surface area contributed by atoms with Crippen molar-refractivity contribution >= 4 is 52.1 Å². The zero-order valence-electron chi connectivity index (χ0n) is 14.7. The molecule has 1 heterocycles. The van der Waals surface area contributed by atoms with Gasteiger partial charge in [-0.05, 0) is 36.4 Å². The van der Waals surface area contributed by atoms with E-state index in [-0.39, 0.29) is 23.4 Å². The lowest BCUT2D eigenvalue weighted by atomic mass is 10.2. The minimum absolute atomic E-state index is 0.0699. The van der Waals surface area contributed by atoms with Crippen molar-refractivity contribution < 1.29 is 9.53 Å². The van der Waals surface area contributed by atoms with Gasteiger partial charge in [-0.25, -0.2) is 4.98 Å². The molecule has 0 aliphatic heterocycles. The molecule has 3 aromatic rings. The molecule has 9 heteroatoms. The smallest absolute Gasteiger partial charge is 0.243 e. The largest absolute Gasteiger partial charge is 0.435 e. The highest BCUT2D eigenvalue weighted by molar-refractivity contribution is 6.35. The summed E-state index contributed by atoms with van der Waals surface area (Å²) in [5, 5.41) is 15.9. The van der Waals surface area contributed by atoms with Crippen LogP contribution in [0.5, 0.6) is 11.6 Å². The van der Waals surface area contributed by atoms with Gasteiger partial charge in [0.1, 0.15) is 11.1 Å². The molecule has 0 saturated carbocycles. The Morgan fingerprint density at radius 2 is 1.86 bits per heavy atom. The summed E-state index contributed by atoms with van der Waals surface area (Å²) in [5.41, 5.74) is 1.21. The number of rotatable bonds is 6. The van der Waals surface area contributed by atoms with Crippen LogP contribution in [0.25, 0.3) is 0 Å². The molecule has 0 aliphatic rings. The number of pyridine rings is 1. The van der Waals surface area contributed by atoms with Crippen LogP contribution in [-0.4, -0.2) is 17.4 Å². The van der Waals surface area contributed by atoms with E-state index in [0.717, 1.165) is 0 Å². The van der Waals surface area contributed by atoms with E-state index in [0.29, 0.717) is 32.7 Å². The number of nitrogens with one attached hydrogen (secondary N) is 2. The van der Waals surface area contributed by atoms with Gasteiger partial charge in [0.05, 0.1) is 28.5 Å². The Labute approximate surface area is 182 Å². The molecule has 3 rings (SSSR count). The van der Waals surface area contributed by atoms with Crippen molar-refractivity contribution in [3.05, 3.63) is 75.4 Å². The highest BCUT2D eigenvalue weighted by Gasteiger charge is 2.12. The third kappa shape index (κ3) is 5.52. The maximum Gasteiger partial charge on any atom is 0.243 e. The molecular weight excluding hydrogens is 435 g/mol. The highest BCUT2D eigenvalue weighted by atomic mass is 35.5. The average Bonchev–Trinajstić information content (AvgIpc) is 2.69. The van der Waals surface area contributed by atoms with Gasteiger partial charge in [0.2, 0.25) is 11.8 Å². The zero-order chi connectivity index (χ0) is 20.8. The third-order valence-corrected chi connectivity index (χ3v) is 4.40. The first-order valence-corrected chi connectivity index (χ1v) is 9.41. The van der Waals surface area contributed by atoms with Crippen molar-refractivity contribution in [3.63, 3.8) is 0 Å². The number of anilines is 2. The van der Waals surface area contributed by atoms with Crippen molar-refractivity contribution in [3.8, 4) is 17.7 Å². The van der Waals surface area contributed by atoms with Crippen LogP contribution >= 0.6 is 34.8 Å². The predicted molar refractivity (Wildman–Crippen MR) is 114 cm³/mol. The first kappa shape index (κ1) is 20.7. The highest BCUT2D eigenvalue weighted by Crippen LogP contribution is 2.33. The lowest BCUT2D eigenvalue weighted by molar-refractivity contribution is -0.114. The van der Waals surface area contributed by atoms with Gasteiger partial charge in [-0.15, -0.1) is 0 Å². The van der Waals surface area contributed by atoms with Crippen LogP contribution < -0.4 is 15.4 Å². The molecule has 2 aromatic carbocycles. The lowest BCUT2D eigenvalue weighted by Gasteiger charge is -2.13. The van der Waals surface area contributed by atoms with Gasteiger partial charge < -0.3 is 15.4 Å². The van der Waals surface area contributed by atoms with Crippen molar-refractivity contribution in [1.29, 1.82) is 5.26 Å². The van der Waals surface area contributed by atoms with Crippen LogP contribution in [0.1, 0.15) is 5.56 Å². The second kappa shape index (κ2) is 9.48. The molecule has 29 heavy (non-hydrogen) atoms. The first-order valence-electron chi connectivity index (χ1n) is 8.27. The summed E-state index contributed by atoms with van der Waals surface area (Å²) >= 11 is 17.9. The minimum Gasteiger partial charge on any atom is -0.435 e. The van der Waals surface area contributed by atoms with Crippen LogP contribution in [0.2, 0.25) is 15.1 Å². The SMILES string of the molecule is N#Cc1ccc(Cl)cc1NC(=O)CNc1ccccc1Oc1ncc(Cl)cc1Cl. The average molecular weight is 448 g/mol. The van der Waals surface area contributed by atoms with Crippen LogP contribution in [0.4, 0.5) is 11.4 Å². The molecule has 0 atom stereocenters. The van der Waals surface area contributed by atoms with Gasteiger partial charge in [0.25, 0.3) is 0 Å². The van der Waals surface area contributed by atoms with Crippen LogP contribution in [-0.2, 0) is 4.79 Å². The summed E-state index contributed by atoms with van der Waals surface area (Å²) in [7, 11) is 0. The Morgan fingerprint density at radius 3 is 2.62 bits per heavy atom. The Kier molecular flexibility index (Phi) is 6.78. The summed E-state index contributed by atoms with van der Waals surface area (Å²) in [5.74, 6) is 0.256. The van der Waals surface area contributed by atoms with E-state index in [9.17, 15) is 4.79 Å². The standard InChI is InChI=1S/C20H13Cl3N4O2/c21-13-6-5-12(9-24)17(8-13)27-19(28)11-25-16-3-1-2-4-18(16)29-20-15(23)7-14(22)10-26-20/h1-8,10,25H,11H2,(H,27,28). The Bertz CT molecular complexity index is 1100. The number of carbonyl (C=O) groups excluding carboxylic acids is 1. The fraction of sp³-hybridized carbons (Fsp3) is 0.0500. The van der Waals surface area contributed by atoms with Gasteiger partial charge in [0, 0.05) is 11.2 Å². The predicted octanol–water partition coefficient (Wildman–Crippen LogP) is 5.76. The Hall–Kier alpha value is -2.98. The maximum absolute atomic E-state index is 12.3. The number of ether oxygens (including phenoxy) is 1. The molecule has 6 nitrogen and oxygen atoms in total. The van der Waals surface area contributed by atoms with E-state index < -0.39 is 0 Å². The van der Waals surface area contributed by atoms with E-state index >= 15 is 0 Å². The molecule has 0 spiro atoms. The number of nitrogens with zero attached hydrogens (tertiary/aromatic N) is 2. The number of amides is 1. The number of para-hydroxylation sites is 2. The summed E-state index contributed by atoms with van der Waals surface area (Å²) in [4.78, 5) is 16.4. The molecule has 0 aliphatic carbocycles. The molecular formula is C20H13Cl3N4O2. The summed E-state index contributed by atoms with van der Waals surface area (Å²) < 4.78 is 5.74. The van der Waals surface area contributed by atoms with E-state index in [1.54, 1.807) is 30.3 Å². The van der Waals surface area contributed by atoms with E-state index in [4.69, 9.17) is 44.8 Å². The van der Waals surface area contributed by atoms with Gasteiger partial charge in [-0.2, -0.15) is 5.26 Å². The maximum atomic E-state index is 12.3. The van der Waals surface area contributed by atoms with Crippen molar-refractivity contribution in [2.24, 2.45) is 0 Å². The van der Waals surface area contributed by atoms with Crippen LogP contribution in [0.3, 0.4) is 0 Å². The molecule has 0 saturated heterocycles. The number of aromatic nitrogens is 1. The lowest BCUT2D eigenvalue weighted by Crippen LogP contribution is -2.22. The molecule has 1 amide bonds. The fourth-order valence-corrected chi connectivity index (χ4v) is 2.96. The van der Waals surface area contributed by atoms with Gasteiger partial charge in [-0.1, -0.05) is 46.9 Å². The van der Waals surface area contributed by atoms with Crippen molar-refractivity contribution in [1.82, 2.24) is 4.98 Å². The molecule has 1 aromatic heterocycles. The number of hydrogen-bond acceptors (Lipinski definition) is 5. The number of halogens is 3. The summed E-state index contributed by atoms with van der Waals surface area (Å²) in [6, 6.07) is 15.2. The van der Waals surface area contributed by atoms with E-state index in [1.165, 1.54) is 24.4 Å². The number of benzene rings is 2. The van der Waals surface area contributed by atoms with E-state index in [1.807, 2.05) is 6.07 Å². The number of carbonyl (C=O) groups is 1. The molecule has 0 fully saturated rings. The second-order valence-electron chi connectivity index (χ2n) is 5.74. The summed E-state index contributed by atoms with van der Waals surface area (Å²) in [6.07, 6.45) is 1.42. The van der Waals surface area contributed by atoms with Gasteiger partial charge in [-0.3, -0.25) is 4.79 Å². The van der Waals surface area contributed by atoms with Crippen molar-refractivity contribution in [2.45, 2.75) is 0 Å². The number of hydrogen-bond donors (Lipinski definition) is 2. The molecule has 2 N–H and O–H groups in total. The van der Waals surface area contributed by atoms with Crippen LogP contribution in [0.15, 0.2) is 54.7 Å². The third-order valence-electron chi connectivity index (χ3n) is 3.68. The second-order valence-corrected chi connectivity index (χ2v) is 7.02. The summed E-state index contributed by atoms with van der Waals surface area (Å²) in [6.45, 7) is -0.0699. The zero-order valence-corrected chi connectivity index (χ0v) is 17.0. The normalized spacial score (nSPS) is 10.1. The van der Waals surface area contributed by atoms with Crippen LogP contribution in [0, 0.1) is 11.3 Å². The first-order chi connectivity index (χ1) is 14.0. The van der Waals surface area contributed by atoms with E-state index in [2.05, 4.69) is 15.6 Å². The monoisotopic (exact) mass is 446 g/mol. The Balaban J connectivity index is 1.69. The topological polar surface area (TPSA) is 87.0 Å². The molecule has 0 unspecified atom stereocenters. The molecule has 146 valence electrons. The quantitative estimate of drug-likeness (QED) is 0.502. The van der Waals surface area contributed by atoms with Crippen molar-refractivity contribution in [2.75, 3.05) is 17.2 Å². The number of nitriles is 1. The van der Waals surface area contributed by atoms with Gasteiger partial charge in [0.15, 0.2) is 5.75 Å². The van der Waals surface area contributed by atoms with Gasteiger partial charge >= 0.3 is 0 Å². The molecule has 0 radical (unpaired) electrons. The fourth-order valence-electron chi connectivity index (χ4n) is 2.37.